The molecule has 0 saturated carbocycles. The number of hydrogen-bond acceptors (Lipinski definition) is 3. The Morgan fingerprint density at radius 1 is 1.45 bits per heavy atom. The molecule has 0 saturated heterocycles. The number of aryl methyl sites for hydroxylation is 2. The van der Waals surface area contributed by atoms with Gasteiger partial charge in [0.2, 0.25) is 0 Å². The summed E-state index contributed by atoms with van der Waals surface area (Å²) in [7, 11) is 1.68. The van der Waals surface area contributed by atoms with Crippen LogP contribution in [-0.4, -0.2) is 27.3 Å². The van der Waals surface area contributed by atoms with Crippen LogP contribution in [0, 0.1) is 0 Å². The van der Waals surface area contributed by atoms with E-state index in [1.54, 1.807) is 24.1 Å². The molecule has 104 valence electrons. The zero-order valence-corrected chi connectivity index (χ0v) is 11.8. The second-order valence-corrected chi connectivity index (χ2v) is 5.18. The summed E-state index contributed by atoms with van der Waals surface area (Å²) in [6.07, 6.45) is 3.17. The van der Waals surface area contributed by atoms with E-state index in [0.717, 1.165) is 18.4 Å². The van der Waals surface area contributed by atoms with Gasteiger partial charge in [-0.15, -0.1) is 0 Å². The Labute approximate surface area is 121 Å². The van der Waals surface area contributed by atoms with Crippen LogP contribution in [0.4, 0.5) is 5.69 Å². The summed E-state index contributed by atoms with van der Waals surface area (Å²) < 4.78 is 1.45. The van der Waals surface area contributed by atoms with Crippen LogP contribution >= 0.6 is 11.6 Å². The molecule has 0 aliphatic carbocycles. The summed E-state index contributed by atoms with van der Waals surface area (Å²) in [5, 5.41) is 14.3. The summed E-state index contributed by atoms with van der Waals surface area (Å²) in [6, 6.07) is 5.31. The number of phenolic OH excluding ortho intramolecular Hbond substituents is 1. The lowest BCUT2D eigenvalue weighted by Gasteiger charge is -2.29. The number of carbonyl (C=O) groups is 1. The molecule has 5 nitrogen and oxygen atoms in total. The molecule has 1 aliphatic rings. The van der Waals surface area contributed by atoms with Gasteiger partial charge in [-0.3, -0.25) is 9.48 Å². The first-order valence-corrected chi connectivity index (χ1v) is 6.77. The summed E-state index contributed by atoms with van der Waals surface area (Å²) in [6.45, 7) is 0.564. The minimum atomic E-state index is -0.231. The Morgan fingerprint density at radius 3 is 2.95 bits per heavy atom. The summed E-state index contributed by atoms with van der Waals surface area (Å²) in [4.78, 5) is 14.2. The molecule has 6 heteroatoms. The average molecular weight is 292 g/mol. The Morgan fingerprint density at radius 2 is 2.25 bits per heavy atom. The molecular weight excluding hydrogens is 278 g/mol. The molecule has 1 N–H and O–H groups in total. The zero-order chi connectivity index (χ0) is 14.3. The highest BCUT2D eigenvalue weighted by Crippen LogP contribution is 2.36. The number of rotatable bonds is 1. The lowest BCUT2D eigenvalue weighted by Crippen LogP contribution is -2.35. The van der Waals surface area contributed by atoms with Gasteiger partial charge in [-0.05, 0) is 24.5 Å². The van der Waals surface area contributed by atoms with Crippen molar-refractivity contribution in [3.05, 3.63) is 40.7 Å². The van der Waals surface area contributed by atoms with Gasteiger partial charge >= 0.3 is 0 Å². The minimum Gasteiger partial charge on any atom is -0.506 e. The van der Waals surface area contributed by atoms with E-state index >= 15 is 0 Å². The first kappa shape index (κ1) is 13.0. The topological polar surface area (TPSA) is 58.4 Å². The van der Waals surface area contributed by atoms with Crippen LogP contribution in [0.5, 0.6) is 5.75 Å². The van der Waals surface area contributed by atoms with Crippen LogP contribution in [0.15, 0.2) is 24.4 Å². The van der Waals surface area contributed by atoms with Crippen LogP contribution in [0.25, 0.3) is 0 Å². The van der Waals surface area contributed by atoms with E-state index in [1.165, 1.54) is 10.9 Å². The number of aromatic hydroxyl groups is 1. The van der Waals surface area contributed by atoms with E-state index in [2.05, 4.69) is 5.10 Å². The quantitative estimate of drug-likeness (QED) is 0.877. The number of aromatic nitrogens is 2. The number of carbonyl (C=O) groups excluding carboxylic acids is 1. The molecule has 0 spiro atoms. The fraction of sp³-hybridized carbons (Fsp3) is 0.286. The van der Waals surface area contributed by atoms with E-state index < -0.39 is 0 Å². The first-order chi connectivity index (χ1) is 9.59. The second-order valence-electron chi connectivity index (χ2n) is 4.82. The standard InChI is InChI=1S/C14H14ClN3O2/c1-17-13(15)10(8-16-17)14(20)18-7-3-5-9-4-2-6-11(19)12(9)18/h2,4,6,8,19H,3,5,7H2,1H3. The fourth-order valence-electron chi connectivity index (χ4n) is 2.55. The maximum atomic E-state index is 12.6. The summed E-state index contributed by atoms with van der Waals surface area (Å²) in [5.74, 6) is -0.110. The van der Waals surface area contributed by atoms with Crippen molar-refractivity contribution in [1.29, 1.82) is 0 Å². The van der Waals surface area contributed by atoms with Crippen molar-refractivity contribution >= 4 is 23.2 Å². The van der Waals surface area contributed by atoms with Crippen molar-refractivity contribution in [2.45, 2.75) is 12.8 Å². The van der Waals surface area contributed by atoms with Gasteiger partial charge in [-0.2, -0.15) is 5.10 Å². The molecular formula is C14H14ClN3O2. The van der Waals surface area contributed by atoms with E-state index in [1.807, 2.05) is 6.07 Å². The molecule has 0 unspecified atom stereocenters. The lowest BCUT2D eigenvalue weighted by atomic mass is 10.0. The van der Waals surface area contributed by atoms with Crippen molar-refractivity contribution < 1.29 is 9.90 Å². The smallest absolute Gasteiger partial charge is 0.263 e. The highest BCUT2D eigenvalue weighted by atomic mass is 35.5. The monoisotopic (exact) mass is 291 g/mol. The van der Waals surface area contributed by atoms with Crippen molar-refractivity contribution in [2.24, 2.45) is 7.05 Å². The highest BCUT2D eigenvalue weighted by molar-refractivity contribution is 6.33. The zero-order valence-electron chi connectivity index (χ0n) is 11.0. The predicted octanol–water partition coefficient (Wildman–Crippen LogP) is 2.37. The highest BCUT2D eigenvalue weighted by Gasteiger charge is 2.28. The molecule has 1 aliphatic heterocycles. The molecule has 1 amide bonds. The molecule has 3 rings (SSSR count). The van der Waals surface area contributed by atoms with Gasteiger partial charge in [0.15, 0.2) is 0 Å². The molecule has 1 aromatic heterocycles. The number of anilines is 1. The number of benzene rings is 1. The molecule has 0 bridgehead atoms. The first-order valence-electron chi connectivity index (χ1n) is 6.40. The molecule has 0 fully saturated rings. The van der Waals surface area contributed by atoms with E-state index in [9.17, 15) is 9.90 Å². The third-order valence-electron chi connectivity index (χ3n) is 3.54. The van der Waals surface area contributed by atoms with E-state index in [-0.39, 0.29) is 11.7 Å². The van der Waals surface area contributed by atoms with Crippen molar-refractivity contribution in [1.82, 2.24) is 9.78 Å². The molecule has 0 radical (unpaired) electrons. The third kappa shape index (κ3) is 1.94. The van der Waals surface area contributed by atoms with E-state index in [0.29, 0.717) is 22.9 Å². The van der Waals surface area contributed by atoms with Crippen LogP contribution in [0.1, 0.15) is 22.3 Å². The number of para-hydroxylation sites is 1. The Hall–Kier alpha value is -2.01. The number of fused-ring (bicyclic) bond motifs is 1. The van der Waals surface area contributed by atoms with Gasteiger partial charge in [0.1, 0.15) is 10.9 Å². The minimum absolute atomic E-state index is 0.121. The largest absolute Gasteiger partial charge is 0.506 e. The van der Waals surface area contributed by atoms with Crippen LogP contribution in [0.2, 0.25) is 5.15 Å². The number of nitrogens with zero attached hydrogens (tertiary/aromatic N) is 3. The maximum Gasteiger partial charge on any atom is 0.263 e. The second kappa shape index (κ2) is 4.83. The summed E-state index contributed by atoms with van der Waals surface area (Å²) >= 11 is 6.08. The third-order valence-corrected chi connectivity index (χ3v) is 3.99. The van der Waals surface area contributed by atoms with Gasteiger partial charge in [0, 0.05) is 13.6 Å². The Bertz CT molecular complexity index is 681. The summed E-state index contributed by atoms with van der Waals surface area (Å²) in [5.41, 5.74) is 1.92. The molecule has 2 heterocycles. The molecule has 2 aromatic rings. The van der Waals surface area contributed by atoms with Gasteiger partial charge in [-0.1, -0.05) is 23.7 Å². The normalized spacial score (nSPS) is 14.2. The lowest BCUT2D eigenvalue weighted by molar-refractivity contribution is 0.0984. The van der Waals surface area contributed by atoms with Crippen LogP contribution in [0.3, 0.4) is 0 Å². The molecule has 1 aromatic carbocycles. The number of amides is 1. The van der Waals surface area contributed by atoms with Crippen LogP contribution in [-0.2, 0) is 13.5 Å². The van der Waals surface area contributed by atoms with Gasteiger partial charge in [0.05, 0.1) is 17.4 Å². The fourth-order valence-corrected chi connectivity index (χ4v) is 2.72. The number of hydrogen-bond donors (Lipinski definition) is 1. The van der Waals surface area contributed by atoms with Crippen LogP contribution < -0.4 is 4.90 Å². The van der Waals surface area contributed by atoms with Crippen molar-refractivity contribution in [3.8, 4) is 5.75 Å². The number of phenols is 1. The Kier molecular flexibility index (Phi) is 3.14. The van der Waals surface area contributed by atoms with Crippen molar-refractivity contribution in [3.63, 3.8) is 0 Å². The SMILES string of the molecule is Cn1ncc(C(=O)N2CCCc3cccc(O)c32)c1Cl. The number of halogens is 1. The van der Waals surface area contributed by atoms with E-state index in [4.69, 9.17) is 11.6 Å². The van der Waals surface area contributed by atoms with Gasteiger partial charge < -0.3 is 10.0 Å². The molecule has 20 heavy (non-hydrogen) atoms. The Balaban J connectivity index is 2.05. The average Bonchev–Trinajstić information content (AvgIpc) is 2.78. The van der Waals surface area contributed by atoms with Crippen molar-refractivity contribution in [2.75, 3.05) is 11.4 Å². The maximum absolute atomic E-state index is 12.6. The van der Waals surface area contributed by atoms with Gasteiger partial charge in [-0.25, -0.2) is 0 Å². The predicted molar refractivity (Wildman–Crippen MR) is 76.3 cm³/mol. The molecule has 0 atom stereocenters. The van der Waals surface area contributed by atoms with Gasteiger partial charge in [0.25, 0.3) is 5.91 Å².